The van der Waals surface area contributed by atoms with E-state index < -0.39 is 0 Å². The maximum Gasteiger partial charge on any atom is 0.258 e. The van der Waals surface area contributed by atoms with E-state index in [4.69, 9.17) is 9.26 Å². The number of benzene rings is 1. The zero-order valence-electron chi connectivity index (χ0n) is 11.0. The third-order valence-electron chi connectivity index (χ3n) is 2.53. The van der Waals surface area contributed by atoms with Crippen LogP contribution in [-0.4, -0.2) is 17.7 Å². The summed E-state index contributed by atoms with van der Waals surface area (Å²) in [5, 5.41) is 6.49. The van der Waals surface area contributed by atoms with Crippen molar-refractivity contribution in [2.45, 2.75) is 20.4 Å². The molecular formula is C14H16N2O3. The number of carbonyl (C=O) groups excluding carboxylic acids is 1. The molecule has 5 nitrogen and oxygen atoms in total. The largest absolute Gasteiger partial charge is 0.484 e. The first-order valence-corrected chi connectivity index (χ1v) is 6.02. The van der Waals surface area contributed by atoms with Crippen molar-refractivity contribution in [1.29, 1.82) is 0 Å². The average Bonchev–Trinajstić information content (AvgIpc) is 2.81. The molecule has 1 heterocycles. The molecule has 0 unspecified atom stereocenters. The topological polar surface area (TPSA) is 64.4 Å². The van der Waals surface area contributed by atoms with Crippen LogP contribution in [0.4, 0.5) is 0 Å². The average molecular weight is 260 g/mol. The van der Waals surface area contributed by atoms with Gasteiger partial charge in [0.2, 0.25) is 0 Å². The van der Waals surface area contributed by atoms with Crippen LogP contribution in [0.3, 0.4) is 0 Å². The lowest BCUT2D eigenvalue weighted by Gasteiger charge is -2.06. The molecule has 0 spiro atoms. The van der Waals surface area contributed by atoms with E-state index in [1.54, 1.807) is 13.0 Å². The third kappa shape index (κ3) is 4.13. The molecule has 100 valence electrons. The van der Waals surface area contributed by atoms with Crippen molar-refractivity contribution < 1.29 is 14.1 Å². The van der Waals surface area contributed by atoms with Crippen molar-refractivity contribution in [1.82, 2.24) is 10.5 Å². The molecule has 0 aliphatic rings. The van der Waals surface area contributed by atoms with E-state index >= 15 is 0 Å². The lowest BCUT2D eigenvalue weighted by atomic mass is 10.2. The van der Waals surface area contributed by atoms with Crippen LogP contribution in [0.5, 0.6) is 5.75 Å². The number of amides is 1. The van der Waals surface area contributed by atoms with Crippen LogP contribution in [0.2, 0.25) is 0 Å². The Labute approximate surface area is 111 Å². The third-order valence-corrected chi connectivity index (χ3v) is 2.53. The van der Waals surface area contributed by atoms with Crippen molar-refractivity contribution in [2.24, 2.45) is 0 Å². The first kappa shape index (κ1) is 13.1. The van der Waals surface area contributed by atoms with Gasteiger partial charge in [0.1, 0.15) is 17.2 Å². The second-order valence-electron chi connectivity index (χ2n) is 4.31. The molecule has 1 aromatic carbocycles. The number of aryl methyl sites for hydroxylation is 2. The molecule has 2 rings (SSSR count). The minimum absolute atomic E-state index is 0.0140. The summed E-state index contributed by atoms with van der Waals surface area (Å²) >= 11 is 0. The van der Waals surface area contributed by atoms with Crippen molar-refractivity contribution in [3.8, 4) is 5.75 Å². The van der Waals surface area contributed by atoms with Crippen molar-refractivity contribution >= 4 is 5.91 Å². The summed E-state index contributed by atoms with van der Waals surface area (Å²) in [6.07, 6.45) is 0. The highest BCUT2D eigenvalue weighted by Crippen LogP contribution is 2.10. The highest BCUT2D eigenvalue weighted by Gasteiger charge is 2.05. The lowest BCUT2D eigenvalue weighted by molar-refractivity contribution is -0.123. The Hall–Kier alpha value is -2.30. The van der Waals surface area contributed by atoms with Crippen LogP contribution < -0.4 is 10.1 Å². The van der Waals surface area contributed by atoms with Gasteiger partial charge in [-0.15, -0.1) is 0 Å². The molecule has 0 radical (unpaired) electrons. The van der Waals surface area contributed by atoms with Gasteiger partial charge < -0.3 is 14.6 Å². The molecule has 0 bridgehead atoms. The molecule has 0 aliphatic heterocycles. The zero-order chi connectivity index (χ0) is 13.7. The molecule has 1 N–H and O–H groups in total. The summed E-state index contributed by atoms with van der Waals surface area (Å²) in [5.74, 6) is 1.21. The Morgan fingerprint density at radius 1 is 1.32 bits per heavy atom. The Balaban J connectivity index is 1.74. The van der Waals surface area contributed by atoms with Crippen molar-refractivity contribution in [3.63, 3.8) is 0 Å². The molecule has 19 heavy (non-hydrogen) atoms. The maximum absolute atomic E-state index is 11.6. The van der Waals surface area contributed by atoms with Gasteiger partial charge in [-0.1, -0.05) is 22.9 Å². The van der Waals surface area contributed by atoms with Crippen molar-refractivity contribution in [2.75, 3.05) is 6.61 Å². The van der Waals surface area contributed by atoms with Crippen LogP contribution in [0.15, 0.2) is 34.9 Å². The first-order chi connectivity index (χ1) is 9.13. The summed E-state index contributed by atoms with van der Waals surface area (Å²) in [5.41, 5.74) is 1.85. The number of nitrogens with one attached hydrogen (secondary N) is 1. The molecule has 0 saturated carbocycles. The number of hydrogen-bond acceptors (Lipinski definition) is 4. The molecule has 5 heteroatoms. The Morgan fingerprint density at radius 3 is 2.68 bits per heavy atom. The maximum atomic E-state index is 11.6. The fraction of sp³-hybridized carbons (Fsp3) is 0.286. The summed E-state index contributed by atoms with van der Waals surface area (Å²) in [6.45, 7) is 4.13. The van der Waals surface area contributed by atoms with Gasteiger partial charge >= 0.3 is 0 Å². The second-order valence-corrected chi connectivity index (χ2v) is 4.31. The zero-order valence-corrected chi connectivity index (χ0v) is 11.0. The predicted molar refractivity (Wildman–Crippen MR) is 69.8 cm³/mol. The highest BCUT2D eigenvalue weighted by atomic mass is 16.5. The smallest absolute Gasteiger partial charge is 0.258 e. The Kier molecular flexibility index (Phi) is 4.18. The molecule has 1 amide bonds. The van der Waals surface area contributed by atoms with Gasteiger partial charge in [0.25, 0.3) is 5.91 Å². The standard InChI is InChI=1S/C14H16N2O3/c1-10-3-5-13(6-4-10)18-9-14(17)15-8-12-7-11(2)19-16-12/h3-7H,8-9H2,1-2H3,(H,15,17). The number of carbonyl (C=O) groups is 1. The van der Waals surface area contributed by atoms with E-state index in [0.29, 0.717) is 18.0 Å². The number of nitrogens with zero attached hydrogens (tertiary/aromatic N) is 1. The van der Waals surface area contributed by atoms with E-state index in [0.717, 1.165) is 11.3 Å². The molecule has 1 aromatic heterocycles. The number of ether oxygens (including phenoxy) is 1. The summed E-state index contributed by atoms with van der Waals surface area (Å²) in [4.78, 5) is 11.6. The summed E-state index contributed by atoms with van der Waals surface area (Å²) in [7, 11) is 0. The fourth-order valence-corrected chi connectivity index (χ4v) is 1.52. The molecule has 0 atom stereocenters. The normalized spacial score (nSPS) is 10.2. The number of rotatable bonds is 5. The molecule has 0 saturated heterocycles. The van der Waals surface area contributed by atoms with Gasteiger partial charge in [-0.3, -0.25) is 4.79 Å². The van der Waals surface area contributed by atoms with E-state index in [-0.39, 0.29) is 12.5 Å². The van der Waals surface area contributed by atoms with Crippen molar-refractivity contribution in [3.05, 3.63) is 47.3 Å². The Bertz CT molecular complexity index is 546. The van der Waals surface area contributed by atoms with Gasteiger partial charge in [-0.25, -0.2) is 0 Å². The van der Waals surface area contributed by atoms with Crippen LogP contribution in [0.1, 0.15) is 17.0 Å². The fourth-order valence-electron chi connectivity index (χ4n) is 1.52. The van der Waals surface area contributed by atoms with Gasteiger partial charge in [-0.05, 0) is 26.0 Å². The van der Waals surface area contributed by atoms with Crippen LogP contribution in [0, 0.1) is 13.8 Å². The molecular weight excluding hydrogens is 244 g/mol. The highest BCUT2D eigenvalue weighted by molar-refractivity contribution is 5.77. The van der Waals surface area contributed by atoms with Crippen LogP contribution in [-0.2, 0) is 11.3 Å². The first-order valence-electron chi connectivity index (χ1n) is 6.02. The van der Waals surface area contributed by atoms with E-state index in [1.165, 1.54) is 0 Å². The van der Waals surface area contributed by atoms with Crippen LogP contribution >= 0.6 is 0 Å². The van der Waals surface area contributed by atoms with Gasteiger partial charge in [0.05, 0.1) is 6.54 Å². The van der Waals surface area contributed by atoms with E-state index in [9.17, 15) is 4.79 Å². The summed E-state index contributed by atoms with van der Waals surface area (Å²) in [6, 6.07) is 9.32. The monoisotopic (exact) mass is 260 g/mol. The lowest BCUT2D eigenvalue weighted by Crippen LogP contribution is -2.28. The van der Waals surface area contributed by atoms with Gasteiger partial charge in [-0.2, -0.15) is 0 Å². The quantitative estimate of drug-likeness (QED) is 0.892. The molecule has 2 aromatic rings. The van der Waals surface area contributed by atoms with E-state index in [1.807, 2.05) is 31.2 Å². The van der Waals surface area contributed by atoms with Gasteiger partial charge in [0, 0.05) is 6.07 Å². The Morgan fingerprint density at radius 2 is 2.05 bits per heavy atom. The molecule has 0 fully saturated rings. The van der Waals surface area contributed by atoms with E-state index in [2.05, 4.69) is 10.5 Å². The SMILES string of the molecule is Cc1ccc(OCC(=O)NCc2cc(C)on2)cc1. The van der Waals surface area contributed by atoms with Gasteiger partial charge in [0.15, 0.2) is 6.61 Å². The predicted octanol–water partition coefficient (Wildman–Crippen LogP) is 1.99. The summed E-state index contributed by atoms with van der Waals surface area (Å²) < 4.78 is 10.3. The second kappa shape index (κ2) is 6.04. The number of hydrogen-bond donors (Lipinski definition) is 1. The number of aromatic nitrogens is 1. The minimum Gasteiger partial charge on any atom is -0.484 e. The minimum atomic E-state index is -0.193. The molecule has 0 aliphatic carbocycles. The van der Waals surface area contributed by atoms with Crippen LogP contribution in [0.25, 0.3) is 0 Å².